The zero-order valence-electron chi connectivity index (χ0n) is 17.5. The molecule has 0 saturated carbocycles. The van der Waals surface area contributed by atoms with E-state index in [9.17, 15) is 5.26 Å². The Balaban J connectivity index is 1.52. The van der Waals surface area contributed by atoms with Crippen molar-refractivity contribution in [1.29, 1.82) is 5.26 Å². The van der Waals surface area contributed by atoms with Gasteiger partial charge >= 0.3 is 0 Å². The second-order valence-electron chi connectivity index (χ2n) is 6.85. The first-order valence-electron chi connectivity index (χ1n) is 9.78. The van der Waals surface area contributed by atoms with Crippen molar-refractivity contribution >= 4 is 11.6 Å². The van der Waals surface area contributed by atoms with Gasteiger partial charge in [-0.05, 0) is 36.8 Å². The highest BCUT2D eigenvalue weighted by Gasteiger charge is 2.12. The number of anilines is 2. The molecule has 10 nitrogen and oxygen atoms in total. The molecule has 0 aliphatic rings. The smallest absolute Gasteiger partial charge is 0.237 e. The number of nitrogens with one attached hydrogen (secondary N) is 1. The largest absolute Gasteiger partial charge is 0.487 e. The minimum atomic E-state index is -0.212. The number of methoxy groups -OCH3 is 1. The number of nitrogens with zero attached hydrogens (tertiary/aromatic N) is 7. The number of hydrogen-bond donors (Lipinski definition) is 1. The molecule has 10 heteroatoms. The summed E-state index contributed by atoms with van der Waals surface area (Å²) in [5, 5.41) is 16.6. The average Bonchev–Trinajstić information content (AvgIpc) is 3.33. The average molecular weight is 428 g/mol. The summed E-state index contributed by atoms with van der Waals surface area (Å²) in [7, 11) is 1.55. The molecule has 0 aliphatic carbocycles. The van der Waals surface area contributed by atoms with Crippen LogP contribution in [0.15, 0.2) is 61.6 Å². The van der Waals surface area contributed by atoms with Crippen LogP contribution in [-0.2, 0) is 6.54 Å². The molecule has 0 fully saturated rings. The first kappa shape index (κ1) is 20.7. The lowest BCUT2D eigenvalue weighted by Crippen LogP contribution is -2.20. The fourth-order valence-electron chi connectivity index (χ4n) is 3.05. The maximum atomic E-state index is 9.46. The SMILES string of the molecule is COc1ncccc1Nc1ncc(-c2ccc(C#N)c(OC(C)Cn3cncn3)c2)cn1. The van der Waals surface area contributed by atoms with Gasteiger partial charge in [-0.1, -0.05) is 6.07 Å². The van der Waals surface area contributed by atoms with Crippen molar-refractivity contribution in [3.05, 3.63) is 67.1 Å². The standard InChI is InChI=1S/C22H20N8O2/c1-15(12-30-14-24-13-28-30)32-20-8-16(5-6-17(20)9-23)18-10-26-22(27-11-18)29-19-4-3-7-25-21(19)31-2/h3-8,10-11,13-15H,12H2,1-2H3,(H,26,27,29). The third-order valence-corrected chi connectivity index (χ3v) is 4.54. The molecule has 32 heavy (non-hydrogen) atoms. The predicted molar refractivity (Wildman–Crippen MR) is 116 cm³/mol. The Hall–Kier alpha value is -4.52. The van der Waals surface area contributed by atoms with E-state index in [2.05, 4.69) is 36.4 Å². The summed E-state index contributed by atoms with van der Waals surface area (Å²) in [6.45, 7) is 2.42. The van der Waals surface area contributed by atoms with Gasteiger partial charge in [-0.2, -0.15) is 10.4 Å². The van der Waals surface area contributed by atoms with Crippen molar-refractivity contribution < 1.29 is 9.47 Å². The van der Waals surface area contributed by atoms with Crippen LogP contribution in [0.2, 0.25) is 0 Å². The highest BCUT2D eigenvalue weighted by Crippen LogP contribution is 2.28. The maximum absolute atomic E-state index is 9.46. The minimum Gasteiger partial charge on any atom is -0.487 e. The molecular weight excluding hydrogens is 408 g/mol. The highest BCUT2D eigenvalue weighted by molar-refractivity contribution is 5.67. The molecule has 0 radical (unpaired) electrons. The Kier molecular flexibility index (Phi) is 6.17. The number of pyridine rings is 1. The van der Waals surface area contributed by atoms with Gasteiger partial charge in [0, 0.05) is 24.2 Å². The summed E-state index contributed by atoms with van der Waals surface area (Å²) >= 11 is 0. The van der Waals surface area contributed by atoms with Crippen LogP contribution in [0.1, 0.15) is 12.5 Å². The third-order valence-electron chi connectivity index (χ3n) is 4.54. The lowest BCUT2D eigenvalue weighted by atomic mass is 10.1. The molecule has 0 saturated heterocycles. The van der Waals surface area contributed by atoms with Gasteiger partial charge in [-0.3, -0.25) is 0 Å². The fraction of sp³-hybridized carbons (Fsp3) is 0.182. The van der Waals surface area contributed by atoms with E-state index in [0.717, 1.165) is 11.1 Å². The van der Waals surface area contributed by atoms with E-state index in [1.165, 1.54) is 6.33 Å². The van der Waals surface area contributed by atoms with E-state index in [-0.39, 0.29) is 6.10 Å². The Morgan fingerprint density at radius 3 is 2.72 bits per heavy atom. The van der Waals surface area contributed by atoms with Crippen molar-refractivity contribution in [2.75, 3.05) is 12.4 Å². The minimum absolute atomic E-state index is 0.212. The van der Waals surface area contributed by atoms with E-state index < -0.39 is 0 Å². The summed E-state index contributed by atoms with van der Waals surface area (Å²) in [5.74, 6) is 1.35. The molecule has 0 spiro atoms. The second kappa shape index (κ2) is 9.53. The normalized spacial score (nSPS) is 11.4. The van der Waals surface area contributed by atoms with Gasteiger partial charge in [0.1, 0.15) is 36.3 Å². The van der Waals surface area contributed by atoms with Crippen molar-refractivity contribution in [3.63, 3.8) is 0 Å². The van der Waals surface area contributed by atoms with Crippen molar-refractivity contribution in [3.8, 4) is 28.8 Å². The van der Waals surface area contributed by atoms with Crippen LogP contribution in [0.3, 0.4) is 0 Å². The van der Waals surface area contributed by atoms with Crippen LogP contribution in [0.25, 0.3) is 11.1 Å². The molecule has 3 heterocycles. The first-order chi connectivity index (χ1) is 15.7. The van der Waals surface area contributed by atoms with Gasteiger partial charge in [0.25, 0.3) is 0 Å². The van der Waals surface area contributed by atoms with Gasteiger partial charge in [0.05, 0.1) is 19.2 Å². The van der Waals surface area contributed by atoms with E-state index >= 15 is 0 Å². The van der Waals surface area contributed by atoms with E-state index in [1.807, 2.05) is 25.1 Å². The molecule has 160 valence electrons. The van der Waals surface area contributed by atoms with Crippen molar-refractivity contribution in [2.24, 2.45) is 0 Å². The maximum Gasteiger partial charge on any atom is 0.237 e. The van der Waals surface area contributed by atoms with Crippen LogP contribution < -0.4 is 14.8 Å². The van der Waals surface area contributed by atoms with Gasteiger partial charge in [0.15, 0.2) is 0 Å². The molecule has 3 aromatic heterocycles. The van der Waals surface area contributed by atoms with Crippen LogP contribution in [0.4, 0.5) is 11.6 Å². The van der Waals surface area contributed by atoms with E-state index in [1.54, 1.807) is 48.8 Å². The lowest BCUT2D eigenvalue weighted by Gasteiger charge is -2.16. The lowest BCUT2D eigenvalue weighted by molar-refractivity contribution is 0.193. The number of ether oxygens (including phenoxy) is 2. The van der Waals surface area contributed by atoms with Crippen LogP contribution in [0.5, 0.6) is 11.6 Å². The monoisotopic (exact) mass is 428 g/mol. The number of rotatable bonds is 8. The number of aromatic nitrogens is 6. The zero-order valence-corrected chi connectivity index (χ0v) is 17.5. The summed E-state index contributed by atoms with van der Waals surface area (Å²) in [6, 6.07) is 11.2. The topological polar surface area (TPSA) is 124 Å². The summed E-state index contributed by atoms with van der Waals surface area (Å²) in [5.41, 5.74) is 2.73. The van der Waals surface area contributed by atoms with Crippen LogP contribution in [0, 0.1) is 11.3 Å². The molecular formula is C22H20N8O2. The van der Waals surface area contributed by atoms with E-state index in [4.69, 9.17) is 9.47 Å². The first-order valence-corrected chi connectivity index (χ1v) is 9.78. The quantitative estimate of drug-likeness (QED) is 0.450. The molecule has 0 bridgehead atoms. The number of benzene rings is 1. The second-order valence-corrected chi connectivity index (χ2v) is 6.85. The summed E-state index contributed by atoms with van der Waals surface area (Å²) in [6.07, 6.45) is 7.92. The number of hydrogen-bond acceptors (Lipinski definition) is 9. The predicted octanol–water partition coefficient (Wildman–Crippen LogP) is 3.22. The molecule has 1 unspecified atom stereocenters. The summed E-state index contributed by atoms with van der Waals surface area (Å²) < 4.78 is 12.9. The van der Waals surface area contributed by atoms with Crippen molar-refractivity contribution in [2.45, 2.75) is 19.6 Å². The zero-order chi connectivity index (χ0) is 22.3. The molecule has 1 N–H and O–H groups in total. The highest BCUT2D eigenvalue weighted by atomic mass is 16.5. The van der Waals surface area contributed by atoms with Gasteiger partial charge in [-0.15, -0.1) is 0 Å². The molecule has 4 rings (SSSR count). The summed E-state index contributed by atoms with van der Waals surface area (Å²) in [4.78, 5) is 16.8. The van der Waals surface area contributed by atoms with Crippen LogP contribution >= 0.6 is 0 Å². The Labute approximate surface area is 184 Å². The molecule has 0 aliphatic heterocycles. The number of nitriles is 1. The fourth-order valence-corrected chi connectivity index (χ4v) is 3.05. The Morgan fingerprint density at radius 1 is 1.16 bits per heavy atom. The molecule has 1 atom stereocenters. The van der Waals surface area contributed by atoms with Crippen LogP contribution in [-0.4, -0.2) is 42.9 Å². The Bertz CT molecular complexity index is 1220. The van der Waals surface area contributed by atoms with Gasteiger partial charge < -0.3 is 14.8 Å². The third kappa shape index (κ3) is 4.79. The van der Waals surface area contributed by atoms with Crippen molar-refractivity contribution in [1.82, 2.24) is 29.7 Å². The van der Waals surface area contributed by atoms with Gasteiger partial charge in [0.2, 0.25) is 11.8 Å². The Morgan fingerprint density at radius 2 is 2.00 bits per heavy atom. The molecule has 1 aromatic carbocycles. The molecule has 0 amide bonds. The van der Waals surface area contributed by atoms with E-state index in [0.29, 0.717) is 35.4 Å². The van der Waals surface area contributed by atoms with Gasteiger partial charge in [-0.25, -0.2) is 24.6 Å². The molecule has 4 aromatic rings.